The molecule has 60 valence electrons. The van der Waals surface area contributed by atoms with Crippen molar-refractivity contribution in [2.45, 2.75) is 13.0 Å². The van der Waals surface area contributed by atoms with Gasteiger partial charge in [-0.2, -0.15) is 0 Å². The van der Waals surface area contributed by atoms with Crippen LogP contribution in [0.15, 0.2) is 11.8 Å². The summed E-state index contributed by atoms with van der Waals surface area (Å²) in [6.07, 6.45) is 0.138. The van der Waals surface area contributed by atoms with Crippen LogP contribution >= 0.6 is 0 Å². The molecule has 0 fully saturated rings. The van der Waals surface area contributed by atoms with Crippen LogP contribution in [0.4, 0.5) is 0 Å². The Kier molecular flexibility index (Phi) is 1.76. The number of hydrazine groups is 1. The number of amides is 1. The number of aliphatic hydroxyl groups excluding tert-OH is 1. The summed E-state index contributed by atoms with van der Waals surface area (Å²) < 4.78 is 0. The lowest BCUT2D eigenvalue weighted by molar-refractivity contribution is -0.134. The van der Waals surface area contributed by atoms with Crippen molar-refractivity contribution < 1.29 is 14.7 Å². The number of aliphatic hydroxyl groups is 1. The third-order valence-electron chi connectivity index (χ3n) is 1.44. The number of rotatable bonds is 1. The summed E-state index contributed by atoms with van der Waals surface area (Å²) in [6, 6.07) is 0. The van der Waals surface area contributed by atoms with Gasteiger partial charge in [0.25, 0.3) is 0 Å². The van der Waals surface area contributed by atoms with Crippen molar-refractivity contribution in [3.8, 4) is 0 Å². The number of hydrogen-bond acceptors (Lipinski definition) is 4. The summed E-state index contributed by atoms with van der Waals surface area (Å²) >= 11 is 0. The molecule has 5 heteroatoms. The summed E-state index contributed by atoms with van der Waals surface area (Å²) in [5, 5.41) is 9.42. The van der Waals surface area contributed by atoms with Gasteiger partial charge in [0.1, 0.15) is 11.8 Å². The first-order valence-electron chi connectivity index (χ1n) is 3.03. The standard InChI is InChI=1S/C6H8N2O3/c1-3(9)8(7)4-2-5(10)6(4)11/h2,5,10H,7H2,1H3. The van der Waals surface area contributed by atoms with E-state index < -0.39 is 17.8 Å². The summed E-state index contributed by atoms with van der Waals surface area (Å²) in [6.45, 7) is 1.23. The van der Waals surface area contributed by atoms with Gasteiger partial charge in [-0.1, -0.05) is 0 Å². The molecule has 1 rings (SSSR count). The quantitative estimate of drug-likeness (QED) is 0.276. The average Bonchev–Trinajstić information content (AvgIpc) is 1.98. The molecule has 0 aromatic rings. The molecular weight excluding hydrogens is 148 g/mol. The van der Waals surface area contributed by atoms with Gasteiger partial charge in [0.05, 0.1) is 0 Å². The fourth-order valence-corrected chi connectivity index (χ4v) is 0.731. The van der Waals surface area contributed by atoms with Crippen molar-refractivity contribution in [3.63, 3.8) is 0 Å². The van der Waals surface area contributed by atoms with Gasteiger partial charge >= 0.3 is 0 Å². The summed E-state index contributed by atoms with van der Waals surface area (Å²) in [5.41, 5.74) is 0.0602. The molecule has 0 heterocycles. The van der Waals surface area contributed by atoms with Gasteiger partial charge in [-0.15, -0.1) is 0 Å². The molecule has 0 saturated carbocycles. The molecular formula is C6H8N2O3. The highest BCUT2D eigenvalue weighted by Crippen LogP contribution is 2.16. The second kappa shape index (κ2) is 2.44. The highest BCUT2D eigenvalue weighted by atomic mass is 16.3. The fraction of sp³-hybridized carbons (Fsp3) is 0.333. The van der Waals surface area contributed by atoms with Crippen molar-refractivity contribution >= 4 is 11.7 Å². The van der Waals surface area contributed by atoms with E-state index in [2.05, 4.69) is 0 Å². The maximum absolute atomic E-state index is 10.7. The zero-order valence-electron chi connectivity index (χ0n) is 5.94. The van der Waals surface area contributed by atoms with E-state index >= 15 is 0 Å². The Morgan fingerprint density at radius 3 is 2.64 bits per heavy atom. The van der Waals surface area contributed by atoms with Crippen molar-refractivity contribution in [1.29, 1.82) is 0 Å². The number of nitrogens with zero attached hydrogens (tertiary/aromatic N) is 1. The molecule has 1 amide bonds. The molecule has 0 bridgehead atoms. The number of ketones is 1. The predicted octanol–water partition coefficient (Wildman–Crippen LogP) is -1.46. The molecule has 11 heavy (non-hydrogen) atoms. The number of carbonyl (C=O) groups excluding carboxylic acids is 2. The molecule has 0 saturated heterocycles. The van der Waals surface area contributed by atoms with E-state index in [4.69, 9.17) is 10.9 Å². The van der Waals surface area contributed by atoms with E-state index in [-0.39, 0.29) is 5.70 Å². The van der Waals surface area contributed by atoms with Gasteiger partial charge < -0.3 is 5.11 Å². The number of carbonyl (C=O) groups is 2. The lowest BCUT2D eigenvalue weighted by atomic mass is 10.0. The van der Waals surface area contributed by atoms with Crippen LogP contribution < -0.4 is 5.84 Å². The van der Waals surface area contributed by atoms with Gasteiger partial charge in [-0.05, 0) is 6.08 Å². The number of Topliss-reactive ketones (excluding diaryl/α,β-unsaturated/α-hetero) is 1. The Bertz CT molecular complexity index is 246. The zero-order valence-corrected chi connectivity index (χ0v) is 5.94. The van der Waals surface area contributed by atoms with Crippen molar-refractivity contribution in [3.05, 3.63) is 11.8 Å². The molecule has 0 aromatic heterocycles. The maximum atomic E-state index is 10.7. The third-order valence-corrected chi connectivity index (χ3v) is 1.44. The first-order chi connectivity index (χ1) is 5.04. The van der Waals surface area contributed by atoms with Crippen molar-refractivity contribution in [2.75, 3.05) is 0 Å². The second-order valence-electron chi connectivity index (χ2n) is 2.25. The van der Waals surface area contributed by atoms with Crippen LogP contribution in [-0.2, 0) is 9.59 Å². The van der Waals surface area contributed by atoms with Gasteiger partial charge in [0.2, 0.25) is 11.7 Å². The van der Waals surface area contributed by atoms with E-state index in [1.165, 1.54) is 13.0 Å². The lowest BCUT2D eigenvalue weighted by Crippen LogP contribution is -2.46. The summed E-state index contributed by atoms with van der Waals surface area (Å²) in [4.78, 5) is 21.3. The van der Waals surface area contributed by atoms with Crippen LogP contribution in [0.5, 0.6) is 0 Å². The molecule has 0 spiro atoms. The minimum atomic E-state index is -1.09. The minimum Gasteiger partial charge on any atom is -0.381 e. The highest BCUT2D eigenvalue weighted by Gasteiger charge is 2.32. The van der Waals surface area contributed by atoms with Crippen LogP contribution in [0.3, 0.4) is 0 Å². The topological polar surface area (TPSA) is 83.6 Å². The van der Waals surface area contributed by atoms with Crippen LogP contribution in [0.25, 0.3) is 0 Å². The van der Waals surface area contributed by atoms with Crippen LogP contribution in [0, 0.1) is 0 Å². The fourth-order valence-electron chi connectivity index (χ4n) is 0.731. The van der Waals surface area contributed by atoms with E-state index in [0.717, 1.165) is 5.01 Å². The van der Waals surface area contributed by atoms with Gasteiger partial charge in [-0.3, -0.25) is 9.59 Å². The van der Waals surface area contributed by atoms with Gasteiger partial charge in [-0.25, -0.2) is 10.9 Å². The highest BCUT2D eigenvalue weighted by molar-refractivity contribution is 6.08. The number of hydrogen-bond donors (Lipinski definition) is 2. The second-order valence-corrected chi connectivity index (χ2v) is 2.25. The smallest absolute Gasteiger partial charge is 0.238 e. The van der Waals surface area contributed by atoms with E-state index in [1.54, 1.807) is 0 Å². The zero-order chi connectivity index (χ0) is 8.59. The largest absolute Gasteiger partial charge is 0.381 e. The molecule has 3 N–H and O–H groups in total. The first kappa shape index (κ1) is 7.90. The average molecular weight is 156 g/mol. The van der Waals surface area contributed by atoms with Gasteiger partial charge in [0, 0.05) is 6.92 Å². The maximum Gasteiger partial charge on any atom is 0.238 e. The first-order valence-corrected chi connectivity index (χ1v) is 3.03. The van der Waals surface area contributed by atoms with E-state index in [9.17, 15) is 9.59 Å². The van der Waals surface area contributed by atoms with E-state index in [0.29, 0.717) is 0 Å². The molecule has 0 radical (unpaired) electrons. The summed E-state index contributed by atoms with van der Waals surface area (Å²) in [5.74, 6) is 4.21. The van der Waals surface area contributed by atoms with Gasteiger partial charge in [0.15, 0.2) is 0 Å². The summed E-state index contributed by atoms with van der Waals surface area (Å²) in [7, 11) is 0. The molecule has 0 aromatic carbocycles. The Labute approximate surface area is 63.1 Å². The Balaban J connectivity index is 2.73. The molecule has 1 atom stereocenters. The molecule has 1 aliphatic carbocycles. The lowest BCUT2D eigenvalue weighted by Gasteiger charge is -2.25. The monoisotopic (exact) mass is 156 g/mol. The Hall–Kier alpha value is -1.20. The van der Waals surface area contributed by atoms with Crippen LogP contribution in [0.1, 0.15) is 6.92 Å². The third kappa shape index (κ3) is 1.15. The SMILES string of the molecule is CC(=O)N(N)C1=CC(O)C1=O. The predicted molar refractivity (Wildman–Crippen MR) is 35.8 cm³/mol. The normalized spacial score (nSPS) is 22.3. The van der Waals surface area contributed by atoms with Crippen LogP contribution in [0.2, 0.25) is 0 Å². The minimum absolute atomic E-state index is 0.0602. The van der Waals surface area contributed by atoms with E-state index in [1.807, 2.05) is 0 Å². The number of nitrogens with two attached hydrogens (primary N) is 1. The molecule has 0 aliphatic heterocycles. The van der Waals surface area contributed by atoms with Crippen LogP contribution in [-0.4, -0.2) is 27.9 Å². The van der Waals surface area contributed by atoms with Crippen molar-refractivity contribution in [1.82, 2.24) is 5.01 Å². The molecule has 1 unspecified atom stereocenters. The van der Waals surface area contributed by atoms with Crippen molar-refractivity contribution in [2.24, 2.45) is 5.84 Å². The molecule has 5 nitrogen and oxygen atoms in total. The Morgan fingerprint density at radius 2 is 2.36 bits per heavy atom. The molecule has 1 aliphatic rings. The Morgan fingerprint density at radius 1 is 1.82 bits per heavy atom.